The lowest BCUT2D eigenvalue weighted by molar-refractivity contribution is -0.118. The van der Waals surface area contributed by atoms with Gasteiger partial charge in [0, 0.05) is 13.1 Å². The number of carbonyl (C=O) groups excluding carboxylic acids is 1. The first-order valence-corrected chi connectivity index (χ1v) is 10.7. The number of hydrogen-bond acceptors (Lipinski definition) is 6. The second-order valence-electron chi connectivity index (χ2n) is 6.15. The topological polar surface area (TPSA) is 94.2 Å². The van der Waals surface area contributed by atoms with Crippen LogP contribution >= 0.6 is 11.6 Å². The molecule has 0 atom stereocenters. The van der Waals surface area contributed by atoms with Crippen LogP contribution in [0.2, 0.25) is 5.02 Å². The molecule has 1 aliphatic rings. The summed E-state index contributed by atoms with van der Waals surface area (Å²) in [6, 6.07) is 11.1. The van der Waals surface area contributed by atoms with Crippen molar-refractivity contribution in [1.82, 2.24) is 4.31 Å². The zero-order chi connectivity index (χ0) is 20.9. The first-order chi connectivity index (χ1) is 13.9. The molecule has 29 heavy (non-hydrogen) atoms. The number of rotatable bonds is 7. The average molecular weight is 441 g/mol. The van der Waals surface area contributed by atoms with Crippen LogP contribution in [0.15, 0.2) is 47.4 Å². The molecule has 0 aliphatic carbocycles. The van der Waals surface area contributed by atoms with E-state index < -0.39 is 15.9 Å². The van der Waals surface area contributed by atoms with E-state index in [1.807, 2.05) is 0 Å². The number of nitrogens with zero attached hydrogens (tertiary/aromatic N) is 1. The summed E-state index contributed by atoms with van der Waals surface area (Å²) < 4.78 is 42.9. The molecule has 2 aromatic carbocycles. The summed E-state index contributed by atoms with van der Waals surface area (Å²) in [7, 11) is -2.28. The van der Waals surface area contributed by atoms with Crippen LogP contribution in [0.3, 0.4) is 0 Å². The van der Waals surface area contributed by atoms with Crippen molar-refractivity contribution >= 4 is 33.2 Å². The fraction of sp³-hybridized carbons (Fsp3) is 0.316. The predicted octanol–water partition coefficient (Wildman–Crippen LogP) is 2.39. The monoisotopic (exact) mass is 440 g/mol. The molecule has 1 aliphatic heterocycles. The van der Waals surface area contributed by atoms with Gasteiger partial charge in [-0.15, -0.1) is 0 Å². The van der Waals surface area contributed by atoms with E-state index in [-0.39, 0.29) is 30.3 Å². The van der Waals surface area contributed by atoms with Crippen molar-refractivity contribution in [1.29, 1.82) is 0 Å². The van der Waals surface area contributed by atoms with Crippen molar-refractivity contribution in [2.45, 2.75) is 4.90 Å². The van der Waals surface area contributed by atoms with Crippen LogP contribution < -0.4 is 14.8 Å². The van der Waals surface area contributed by atoms with Gasteiger partial charge in [0.15, 0.2) is 6.61 Å². The van der Waals surface area contributed by atoms with Crippen LogP contribution in [-0.2, 0) is 19.6 Å². The van der Waals surface area contributed by atoms with Crippen LogP contribution in [0, 0.1) is 0 Å². The minimum absolute atomic E-state index is 0.0579. The Hall–Kier alpha value is -2.33. The molecule has 1 fully saturated rings. The Labute approximate surface area is 174 Å². The number of anilines is 1. The highest BCUT2D eigenvalue weighted by molar-refractivity contribution is 7.89. The Morgan fingerprint density at radius 1 is 1.17 bits per heavy atom. The molecule has 0 radical (unpaired) electrons. The zero-order valence-electron chi connectivity index (χ0n) is 15.8. The first-order valence-electron chi connectivity index (χ1n) is 8.85. The van der Waals surface area contributed by atoms with Crippen LogP contribution in [0.4, 0.5) is 5.69 Å². The molecule has 0 unspecified atom stereocenters. The van der Waals surface area contributed by atoms with Gasteiger partial charge >= 0.3 is 0 Å². The van der Waals surface area contributed by atoms with E-state index in [9.17, 15) is 13.2 Å². The number of methoxy groups -OCH3 is 1. The Morgan fingerprint density at radius 3 is 2.59 bits per heavy atom. The molecule has 2 aromatic rings. The summed E-state index contributed by atoms with van der Waals surface area (Å²) in [6.45, 7) is 0.952. The maximum absolute atomic E-state index is 12.9. The number of sulfonamides is 1. The molecule has 3 rings (SSSR count). The zero-order valence-corrected chi connectivity index (χ0v) is 17.3. The van der Waals surface area contributed by atoms with Gasteiger partial charge in [0.05, 0.1) is 35.9 Å². The van der Waals surface area contributed by atoms with Crippen molar-refractivity contribution in [3.05, 3.63) is 47.5 Å². The standard InChI is InChI=1S/C19H21ClN2O6S/c1-26-18-7-6-14(29(24,25)22-8-10-27-11-9-22)12-16(18)21-19(23)13-28-17-5-3-2-4-15(17)20/h2-7,12H,8-11,13H2,1H3,(H,21,23). The fourth-order valence-electron chi connectivity index (χ4n) is 2.77. The summed E-state index contributed by atoms with van der Waals surface area (Å²) in [5, 5.41) is 3.01. The lowest BCUT2D eigenvalue weighted by Gasteiger charge is -2.26. The average Bonchev–Trinajstić information content (AvgIpc) is 2.73. The number of carbonyl (C=O) groups is 1. The number of ether oxygens (including phenoxy) is 3. The van der Waals surface area contributed by atoms with Gasteiger partial charge in [-0.2, -0.15) is 4.31 Å². The van der Waals surface area contributed by atoms with Crippen LogP contribution in [-0.4, -0.2) is 58.7 Å². The summed E-state index contributed by atoms with van der Waals surface area (Å²) in [5.74, 6) is 0.223. The van der Waals surface area contributed by atoms with Crippen LogP contribution in [0.1, 0.15) is 0 Å². The quantitative estimate of drug-likeness (QED) is 0.710. The van der Waals surface area contributed by atoms with Crippen molar-refractivity contribution < 1.29 is 27.4 Å². The summed E-state index contributed by atoms with van der Waals surface area (Å²) >= 11 is 6.00. The van der Waals surface area contributed by atoms with Gasteiger partial charge < -0.3 is 19.5 Å². The third-order valence-corrected chi connectivity index (χ3v) is 6.46. The van der Waals surface area contributed by atoms with Gasteiger partial charge in [0.25, 0.3) is 5.91 Å². The lowest BCUT2D eigenvalue weighted by Crippen LogP contribution is -2.40. The number of morpholine rings is 1. The van der Waals surface area contributed by atoms with E-state index >= 15 is 0 Å². The molecule has 1 N–H and O–H groups in total. The number of hydrogen-bond donors (Lipinski definition) is 1. The molecule has 0 bridgehead atoms. The van der Waals surface area contributed by atoms with E-state index in [0.29, 0.717) is 29.7 Å². The number of halogens is 1. The number of amides is 1. The highest BCUT2D eigenvalue weighted by Crippen LogP contribution is 2.29. The normalized spacial score (nSPS) is 15.0. The van der Waals surface area contributed by atoms with Crippen molar-refractivity contribution in [2.24, 2.45) is 0 Å². The molecule has 0 aromatic heterocycles. The molecular weight excluding hydrogens is 420 g/mol. The molecule has 156 valence electrons. The van der Waals surface area contributed by atoms with E-state index in [4.69, 9.17) is 25.8 Å². The van der Waals surface area contributed by atoms with Gasteiger partial charge in [0.2, 0.25) is 10.0 Å². The highest BCUT2D eigenvalue weighted by Gasteiger charge is 2.27. The SMILES string of the molecule is COc1ccc(S(=O)(=O)N2CCOCC2)cc1NC(=O)COc1ccccc1Cl. The number of nitrogens with one attached hydrogen (secondary N) is 1. The Bertz CT molecular complexity index is 976. The third kappa shape index (κ3) is 5.18. The minimum Gasteiger partial charge on any atom is -0.495 e. The summed E-state index contributed by atoms with van der Waals surface area (Å²) in [5.41, 5.74) is 0.231. The molecule has 1 amide bonds. The maximum Gasteiger partial charge on any atom is 0.262 e. The van der Waals surface area contributed by atoms with E-state index in [1.54, 1.807) is 24.3 Å². The van der Waals surface area contributed by atoms with Crippen LogP contribution in [0.5, 0.6) is 11.5 Å². The third-order valence-electron chi connectivity index (χ3n) is 4.25. The lowest BCUT2D eigenvalue weighted by atomic mass is 10.3. The molecule has 1 heterocycles. The fourth-order valence-corrected chi connectivity index (χ4v) is 4.40. The molecular formula is C19H21ClN2O6S. The van der Waals surface area contributed by atoms with Crippen LogP contribution in [0.25, 0.3) is 0 Å². The summed E-state index contributed by atoms with van der Waals surface area (Å²) in [6.07, 6.45) is 0. The smallest absolute Gasteiger partial charge is 0.262 e. The molecule has 0 saturated carbocycles. The van der Waals surface area contributed by atoms with Gasteiger partial charge in [-0.05, 0) is 30.3 Å². The van der Waals surface area contributed by atoms with Crippen molar-refractivity contribution in [2.75, 3.05) is 45.3 Å². The Balaban J connectivity index is 1.75. The van der Waals surface area contributed by atoms with Gasteiger partial charge in [0.1, 0.15) is 11.5 Å². The second kappa shape index (κ2) is 9.45. The summed E-state index contributed by atoms with van der Waals surface area (Å²) in [4.78, 5) is 12.4. The molecule has 0 spiro atoms. The van der Waals surface area contributed by atoms with Crippen molar-refractivity contribution in [3.63, 3.8) is 0 Å². The Kier molecular flexibility index (Phi) is 6.96. The first kappa shape index (κ1) is 21.4. The molecule has 1 saturated heterocycles. The highest BCUT2D eigenvalue weighted by atomic mass is 35.5. The minimum atomic E-state index is -3.71. The van der Waals surface area contributed by atoms with Gasteiger partial charge in [-0.25, -0.2) is 8.42 Å². The number of benzene rings is 2. The van der Waals surface area contributed by atoms with E-state index in [1.165, 1.54) is 29.6 Å². The second-order valence-corrected chi connectivity index (χ2v) is 8.49. The predicted molar refractivity (Wildman–Crippen MR) is 108 cm³/mol. The molecule has 8 nitrogen and oxygen atoms in total. The molecule has 10 heteroatoms. The van der Waals surface area contributed by atoms with Gasteiger partial charge in [-0.1, -0.05) is 23.7 Å². The van der Waals surface area contributed by atoms with Gasteiger partial charge in [-0.3, -0.25) is 4.79 Å². The number of para-hydroxylation sites is 1. The maximum atomic E-state index is 12.9. The van der Waals surface area contributed by atoms with E-state index in [0.717, 1.165) is 0 Å². The van der Waals surface area contributed by atoms with Crippen molar-refractivity contribution in [3.8, 4) is 11.5 Å². The Morgan fingerprint density at radius 2 is 1.90 bits per heavy atom. The van der Waals surface area contributed by atoms with E-state index in [2.05, 4.69) is 5.32 Å². The largest absolute Gasteiger partial charge is 0.495 e.